The van der Waals surface area contributed by atoms with E-state index in [-0.39, 0.29) is 47.6 Å². The Kier molecular flexibility index (Phi) is 21.2. The van der Waals surface area contributed by atoms with Crippen molar-refractivity contribution < 1.29 is 93.4 Å². The molecule has 19 nitrogen and oxygen atoms in total. The van der Waals surface area contributed by atoms with Crippen molar-refractivity contribution in [2.45, 2.75) is 312 Å². The molecule has 5 heterocycles. The first-order valence-electron chi connectivity index (χ1n) is 31.7. The van der Waals surface area contributed by atoms with Gasteiger partial charge in [-0.05, 0) is 106 Å². The molecule has 9 fully saturated rings. The smallest absolute Gasteiger partial charge is 0.306 e. The highest BCUT2D eigenvalue weighted by Crippen LogP contribution is 2.72. The second-order valence-electron chi connectivity index (χ2n) is 27.2. The highest BCUT2D eigenvalue weighted by atomic mass is 16.8. The molecule has 0 aromatic heterocycles. The van der Waals surface area contributed by atoms with E-state index in [4.69, 9.17) is 42.6 Å². The number of carbonyl (C=O) groups excluding carboxylic acids is 1. The van der Waals surface area contributed by atoms with Crippen molar-refractivity contribution in [2.24, 2.45) is 52.3 Å². The summed E-state index contributed by atoms with van der Waals surface area (Å²) in [6.07, 6.45) is -3.79. The van der Waals surface area contributed by atoms with Gasteiger partial charge in [0.15, 0.2) is 24.7 Å². The quantitative estimate of drug-likeness (QED) is 0.0378. The van der Waals surface area contributed by atoms with Gasteiger partial charge in [-0.1, -0.05) is 112 Å². The first-order valence-corrected chi connectivity index (χ1v) is 31.7. The van der Waals surface area contributed by atoms with E-state index in [1.807, 2.05) is 0 Å². The van der Waals surface area contributed by atoms with Crippen molar-refractivity contribution in [2.75, 3.05) is 13.2 Å². The summed E-state index contributed by atoms with van der Waals surface area (Å²) in [7, 11) is 0. The van der Waals surface area contributed by atoms with Gasteiger partial charge in [-0.2, -0.15) is 0 Å². The number of ether oxygens (including phenoxy) is 9. The zero-order chi connectivity index (χ0) is 57.4. The lowest BCUT2D eigenvalue weighted by molar-refractivity contribution is -0.392. The fourth-order valence-electron chi connectivity index (χ4n) is 17.3. The van der Waals surface area contributed by atoms with Gasteiger partial charge in [0.1, 0.15) is 67.1 Å². The molecule has 19 heteroatoms. The standard InChI is InChI=1S/C61H104O19/c1-8-9-10-11-12-13-14-15-16-17-18-19-20-21-45(64)75-41-26-36-37(23-24-59(6)38(36)27-43-46(59)33(3)61(80-43)25-22-32(2)31-72-61)60(7)29-40(63)42(28-39(41)60)76-58-55(79-57-52(70)50(68)48(66)35(5)74-57)53(71)54(44(30-62)77-58)78-56-51(69)49(67)47(65)34(4)73-56/h32-44,46-58,62-63,65-71H,8-31H2,1-7H3/t32-,33+,34-,35-,36-,37+,38+,39-,40-,41+,42-,43+,44-,46+,47-,48-,49+,50+,51+,52+,53+,54-,55-,56-,57-,58-,59+,60-,61-/m1/s1. The minimum Gasteiger partial charge on any atom is -0.462 e. The summed E-state index contributed by atoms with van der Waals surface area (Å²) in [6, 6.07) is 0. The van der Waals surface area contributed by atoms with Gasteiger partial charge in [-0.25, -0.2) is 0 Å². The van der Waals surface area contributed by atoms with Gasteiger partial charge in [0.2, 0.25) is 0 Å². The molecule has 9 aliphatic rings. The first kappa shape index (κ1) is 63.3. The summed E-state index contributed by atoms with van der Waals surface area (Å²) < 4.78 is 57.5. The van der Waals surface area contributed by atoms with Crippen LogP contribution >= 0.6 is 0 Å². The highest BCUT2D eigenvalue weighted by molar-refractivity contribution is 5.69. The minimum atomic E-state index is -1.81. The number of unbranched alkanes of at least 4 members (excludes halogenated alkanes) is 12. The SMILES string of the molecule is CCCCCCCCCCCCCCCC(=O)O[C@H]1C[C@@H]2[C@H](CC[C@]3(C)[C@@H]4[C@H](C[C@@H]23)O[C@]2(CC[C@@H](C)CO2)[C@H]4C)[C@@]2(C)C[C@@H](O)[C@H](O[C@@H]3O[C@H](CO)[C@@H](O[C@H]4O[C@H](C)[C@@H](O)[C@H](O)[C@@H]4O)[C@H](O)[C@H]3O[C@H]3O[C@H](C)[C@@H](O)[C@H](O)[C@@H]3O)C[C@H]12. The van der Waals surface area contributed by atoms with Crippen LogP contribution in [-0.2, 0) is 47.4 Å². The number of fused-ring (bicyclic) bond motifs is 7. The second kappa shape index (κ2) is 26.8. The normalized spacial score (nSPS) is 50.1. The van der Waals surface area contributed by atoms with E-state index >= 15 is 0 Å². The molecular weight excluding hydrogens is 1040 g/mol. The maximum Gasteiger partial charge on any atom is 0.306 e. The van der Waals surface area contributed by atoms with Crippen LogP contribution in [-0.4, -0.2) is 187 Å². The third kappa shape index (κ3) is 12.8. The monoisotopic (exact) mass is 1140 g/mol. The number of aliphatic hydroxyl groups excluding tert-OH is 9. The Balaban J connectivity index is 0.927. The van der Waals surface area contributed by atoms with E-state index in [0.29, 0.717) is 43.6 Å². The molecule has 4 aliphatic carbocycles. The Labute approximate surface area is 475 Å². The van der Waals surface area contributed by atoms with Crippen molar-refractivity contribution in [3.05, 3.63) is 0 Å². The average Bonchev–Trinajstić information content (AvgIpc) is 3.92. The third-order valence-corrected chi connectivity index (χ3v) is 22.0. The largest absolute Gasteiger partial charge is 0.462 e. The molecule has 0 amide bonds. The third-order valence-electron chi connectivity index (χ3n) is 22.0. The summed E-state index contributed by atoms with van der Waals surface area (Å²) in [6.45, 7) is 14.4. The van der Waals surface area contributed by atoms with E-state index in [9.17, 15) is 50.8 Å². The predicted octanol–water partition coefficient (Wildman–Crippen LogP) is 5.30. The summed E-state index contributed by atoms with van der Waals surface area (Å²) in [5.74, 6) is 0.717. The summed E-state index contributed by atoms with van der Waals surface area (Å²) in [5.41, 5.74) is -0.510. The van der Waals surface area contributed by atoms with Crippen LogP contribution in [0.15, 0.2) is 0 Å². The molecule has 9 N–H and O–H groups in total. The van der Waals surface area contributed by atoms with Crippen LogP contribution in [0, 0.1) is 52.3 Å². The van der Waals surface area contributed by atoms with Crippen molar-refractivity contribution in [1.82, 2.24) is 0 Å². The topological polar surface area (TPSA) is 282 Å². The molecular formula is C61H104O19. The molecule has 80 heavy (non-hydrogen) atoms. The van der Waals surface area contributed by atoms with Gasteiger partial charge in [0, 0.05) is 24.7 Å². The van der Waals surface area contributed by atoms with Crippen molar-refractivity contribution in [3.63, 3.8) is 0 Å². The fraction of sp³-hybridized carbons (Fsp3) is 0.984. The maximum absolute atomic E-state index is 14.2. The molecule has 0 radical (unpaired) electrons. The van der Waals surface area contributed by atoms with E-state index in [1.54, 1.807) is 0 Å². The Morgan fingerprint density at radius 3 is 1.74 bits per heavy atom. The van der Waals surface area contributed by atoms with Crippen LogP contribution < -0.4 is 0 Å². The van der Waals surface area contributed by atoms with Crippen LogP contribution in [0.25, 0.3) is 0 Å². The fourth-order valence-corrected chi connectivity index (χ4v) is 17.3. The molecule has 4 saturated carbocycles. The number of esters is 1. The van der Waals surface area contributed by atoms with Gasteiger partial charge in [-0.3, -0.25) is 4.79 Å². The number of hydrogen-bond acceptors (Lipinski definition) is 19. The molecule has 1 spiro atoms. The number of rotatable bonds is 22. The molecule has 0 unspecified atom stereocenters. The number of hydrogen-bond donors (Lipinski definition) is 9. The average molecular weight is 1140 g/mol. The van der Waals surface area contributed by atoms with Crippen LogP contribution in [0.5, 0.6) is 0 Å². The number of carbonyl (C=O) groups is 1. The van der Waals surface area contributed by atoms with Crippen molar-refractivity contribution in [1.29, 1.82) is 0 Å². The lowest BCUT2D eigenvalue weighted by atomic mass is 9.43. The van der Waals surface area contributed by atoms with E-state index in [1.165, 1.54) is 71.6 Å². The molecule has 462 valence electrons. The Bertz CT molecular complexity index is 1960. The van der Waals surface area contributed by atoms with Crippen LogP contribution in [0.3, 0.4) is 0 Å². The Morgan fingerprint density at radius 1 is 0.575 bits per heavy atom. The summed E-state index contributed by atoms with van der Waals surface area (Å²) in [5, 5.41) is 100. The zero-order valence-electron chi connectivity index (χ0n) is 49.1. The van der Waals surface area contributed by atoms with Gasteiger partial charge in [0.05, 0.1) is 43.7 Å². The van der Waals surface area contributed by atoms with E-state index in [0.717, 1.165) is 57.8 Å². The van der Waals surface area contributed by atoms with Gasteiger partial charge in [0.25, 0.3) is 0 Å². The van der Waals surface area contributed by atoms with E-state index in [2.05, 4.69) is 34.6 Å². The van der Waals surface area contributed by atoms with E-state index < -0.39 is 128 Å². The molecule has 5 aliphatic heterocycles. The van der Waals surface area contributed by atoms with Crippen LogP contribution in [0.1, 0.15) is 190 Å². The summed E-state index contributed by atoms with van der Waals surface area (Å²) >= 11 is 0. The van der Waals surface area contributed by atoms with Crippen molar-refractivity contribution in [3.8, 4) is 0 Å². The molecule has 0 aromatic carbocycles. The lowest BCUT2D eigenvalue weighted by Gasteiger charge is -2.63. The minimum absolute atomic E-state index is 0.0203. The Hall–Kier alpha value is -1.21. The predicted molar refractivity (Wildman–Crippen MR) is 290 cm³/mol. The van der Waals surface area contributed by atoms with Crippen LogP contribution in [0.4, 0.5) is 0 Å². The second-order valence-corrected chi connectivity index (χ2v) is 27.2. The van der Waals surface area contributed by atoms with Crippen LogP contribution in [0.2, 0.25) is 0 Å². The molecule has 0 bridgehead atoms. The molecule has 0 aromatic rings. The highest BCUT2D eigenvalue weighted by Gasteiger charge is 2.71. The van der Waals surface area contributed by atoms with Gasteiger partial charge >= 0.3 is 5.97 Å². The zero-order valence-corrected chi connectivity index (χ0v) is 49.1. The van der Waals surface area contributed by atoms with Crippen molar-refractivity contribution >= 4 is 5.97 Å². The molecule has 9 rings (SSSR count). The molecule has 5 saturated heterocycles. The van der Waals surface area contributed by atoms with Gasteiger partial charge in [-0.15, -0.1) is 0 Å². The number of aliphatic hydroxyl groups is 9. The summed E-state index contributed by atoms with van der Waals surface area (Å²) in [4.78, 5) is 14.2. The Morgan fingerprint density at radius 2 is 1.16 bits per heavy atom. The molecule has 29 atom stereocenters. The maximum atomic E-state index is 14.2. The lowest BCUT2D eigenvalue weighted by Crippen LogP contribution is -2.67. The van der Waals surface area contributed by atoms with Gasteiger partial charge < -0.3 is 88.6 Å². The first-order chi connectivity index (χ1) is 38.2.